The minimum atomic E-state index is -0.135. The van der Waals surface area contributed by atoms with E-state index < -0.39 is 0 Å². The minimum Gasteiger partial charge on any atom is -0.374 e. The van der Waals surface area contributed by atoms with Crippen molar-refractivity contribution >= 4 is 23.4 Å². The third-order valence-corrected chi connectivity index (χ3v) is 5.67. The second-order valence-electron chi connectivity index (χ2n) is 7.34. The molecule has 2 saturated heterocycles. The van der Waals surface area contributed by atoms with Crippen LogP contribution in [0.1, 0.15) is 17.5 Å². The van der Waals surface area contributed by atoms with Gasteiger partial charge in [-0.15, -0.1) is 0 Å². The molecule has 0 bridgehead atoms. The van der Waals surface area contributed by atoms with Gasteiger partial charge in [-0.05, 0) is 23.3 Å². The molecule has 2 aliphatic heterocycles. The van der Waals surface area contributed by atoms with Crippen LogP contribution in [-0.4, -0.2) is 53.5 Å². The molecular weight excluding hydrogens is 376 g/mol. The summed E-state index contributed by atoms with van der Waals surface area (Å²) < 4.78 is 5.94. The van der Waals surface area contributed by atoms with E-state index >= 15 is 0 Å². The number of amides is 2. The molecule has 2 atom stereocenters. The Morgan fingerprint density at radius 1 is 1.04 bits per heavy atom. The number of ether oxygens (including phenoxy) is 1. The predicted molar refractivity (Wildman–Crippen MR) is 107 cm³/mol. The van der Waals surface area contributed by atoms with E-state index in [0.717, 1.165) is 11.1 Å². The minimum absolute atomic E-state index is 0.0473. The maximum atomic E-state index is 12.8. The van der Waals surface area contributed by atoms with E-state index in [1.165, 1.54) is 0 Å². The van der Waals surface area contributed by atoms with Crippen LogP contribution in [0.2, 0.25) is 5.02 Å². The lowest BCUT2D eigenvalue weighted by molar-refractivity contribution is -0.135. The summed E-state index contributed by atoms with van der Waals surface area (Å²) in [5, 5.41) is 0.656. The van der Waals surface area contributed by atoms with E-state index in [2.05, 4.69) is 0 Å². The summed E-state index contributed by atoms with van der Waals surface area (Å²) in [4.78, 5) is 29.2. The van der Waals surface area contributed by atoms with E-state index in [9.17, 15) is 9.59 Å². The largest absolute Gasteiger partial charge is 0.374 e. The normalized spacial score (nSPS) is 22.1. The van der Waals surface area contributed by atoms with Crippen molar-refractivity contribution in [3.8, 4) is 0 Å². The van der Waals surface area contributed by atoms with Gasteiger partial charge in [0.05, 0.1) is 31.6 Å². The summed E-state index contributed by atoms with van der Waals surface area (Å²) >= 11 is 5.92. The lowest BCUT2D eigenvalue weighted by atomic mass is 10.1. The predicted octanol–water partition coefficient (Wildman–Crippen LogP) is 2.91. The van der Waals surface area contributed by atoms with Crippen molar-refractivity contribution in [2.45, 2.75) is 31.5 Å². The van der Waals surface area contributed by atoms with Gasteiger partial charge in [0.2, 0.25) is 11.8 Å². The van der Waals surface area contributed by atoms with Crippen molar-refractivity contribution in [1.29, 1.82) is 0 Å². The summed E-state index contributed by atoms with van der Waals surface area (Å²) in [5.74, 6) is 0.134. The Hall–Kier alpha value is -2.37. The quantitative estimate of drug-likeness (QED) is 0.795. The molecule has 0 aromatic heterocycles. The van der Waals surface area contributed by atoms with Gasteiger partial charge in [-0.25, -0.2) is 0 Å². The highest BCUT2D eigenvalue weighted by atomic mass is 35.5. The van der Waals surface area contributed by atoms with Gasteiger partial charge >= 0.3 is 0 Å². The summed E-state index contributed by atoms with van der Waals surface area (Å²) in [6.07, 6.45) is 0.575. The van der Waals surface area contributed by atoms with Crippen molar-refractivity contribution in [2.75, 3.05) is 19.7 Å². The number of carbonyl (C=O) groups excluding carboxylic acids is 2. The summed E-state index contributed by atoms with van der Waals surface area (Å²) in [6.45, 7) is 1.99. The third kappa shape index (κ3) is 4.21. The van der Waals surface area contributed by atoms with Crippen LogP contribution < -0.4 is 0 Å². The highest BCUT2D eigenvalue weighted by molar-refractivity contribution is 6.30. The molecule has 0 radical (unpaired) electrons. The Bertz CT molecular complexity index is 841. The fraction of sp³-hybridized carbons (Fsp3) is 0.364. The van der Waals surface area contributed by atoms with Gasteiger partial charge in [-0.2, -0.15) is 0 Å². The first kappa shape index (κ1) is 19.0. The van der Waals surface area contributed by atoms with Crippen molar-refractivity contribution in [3.63, 3.8) is 0 Å². The number of hydrogen-bond donors (Lipinski definition) is 0. The van der Waals surface area contributed by atoms with Crippen molar-refractivity contribution in [3.05, 3.63) is 70.7 Å². The van der Waals surface area contributed by atoms with Gasteiger partial charge in [0.1, 0.15) is 0 Å². The second-order valence-corrected chi connectivity index (χ2v) is 7.77. The van der Waals surface area contributed by atoms with Crippen LogP contribution in [0.4, 0.5) is 0 Å². The van der Waals surface area contributed by atoms with E-state index in [-0.39, 0.29) is 24.0 Å². The molecule has 0 spiro atoms. The fourth-order valence-electron chi connectivity index (χ4n) is 3.92. The SMILES string of the molecule is O=C(Cc1ccc(Cl)cc1)N1C[C@@H]2OCCC(=O)N(Cc3ccccc3)[C@H]2C1. The number of benzene rings is 2. The zero-order valence-corrected chi connectivity index (χ0v) is 16.3. The molecule has 0 N–H and O–H groups in total. The first-order chi connectivity index (χ1) is 13.6. The number of likely N-dealkylation sites (tertiary alicyclic amines) is 1. The van der Waals surface area contributed by atoms with Crippen LogP contribution in [0.15, 0.2) is 54.6 Å². The monoisotopic (exact) mass is 398 g/mol. The summed E-state index contributed by atoms with van der Waals surface area (Å²) in [7, 11) is 0. The number of hydrogen-bond acceptors (Lipinski definition) is 3. The van der Waals surface area contributed by atoms with E-state index in [1.807, 2.05) is 52.3 Å². The zero-order chi connectivity index (χ0) is 19.5. The van der Waals surface area contributed by atoms with Crippen molar-refractivity contribution in [2.24, 2.45) is 0 Å². The molecule has 28 heavy (non-hydrogen) atoms. The Kier molecular flexibility index (Phi) is 5.64. The Labute approximate surface area is 169 Å². The van der Waals surface area contributed by atoms with Crippen LogP contribution >= 0.6 is 11.6 Å². The maximum Gasteiger partial charge on any atom is 0.227 e. The molecule has 0 unspecified atom stereocenters. The molecule has 0 saturated carbocycles. The molecule has 4 rings (SSSR count). The van der Waals surface area contributed by atoms with Gasteiger partial charge in [-0.1, -0.05) is 54.1 Å². The van der Waals surface area contributed by atoms with Crippen LogP contribution in [0.25, 0.3) is 0 Å². The molecule has 0 aliphatic carbocycles. The average molecular weight is 399 g/mol. The smallest absolute Gasteiger partial charge is 0.227 e. The van der Waals surface area contributed by atoms with Gasteiger partial charge in [-0.3, -0.25) is 9.59 Å². The van der Waals surface area contributed by atoms with Crippen molar-refractivity contribution < 1.29 is 14.3 Å². The molecule has 2 amide bonds. The topological polar surface area (TPSA) is 49.9 Å². The summed E-state index contributed by atoms with van der Waals surface area (Å²) in [6, 6.07) is 17.2. The van der Waals surface area contributed by atoms with Gasteiger partial charge in [0, 0.05) is 24.7 Å². The van der Waals surface area contributed by atoms with Gasteiger partial charge in [0.15, 0.2) is 0 Å². The number of fused-ring (bicyclic) bond motifs is 1. The fourth-order valence-corrected chi connectivity index (χ4v) is 4.05. The standard InChI is InChI=1S/C22H23ClN2O3/c23-18-8-6-16(7-9-18)12-22(27)24-14-19-20(15-24)28-11-10-21(26)25(19)13-17-4-2-1-3-5-17/h1-9,19-20H,10-15H2/t19-,20-/m0/s1. The lowest BCUT2D eigenvalue weighted by Crippen LogP contribution is -2.45. The Morgan fingerprint density at radius 2 is 1.79 bits per heavy atom. The number of rotatable bonds is 4. The highest BCUT2D eigenvalue weighted by Crippen LogP contribution is 2.25. The van der Waals surface area contributed by atoms with Crippen LogP contribution in [0, 0.1) is 0 Å². The highest BCUT2D eigenvalue weighted by Gasteiger charge is 2.42. The van der Waals surface area contributed by atoms with Crippen LogP contribution in [-0.2, 0) is 27.3 Å². The number of halogens is 1. The summed E-state index contributed by atoms with van der Waals surface area (Å²) in [5.41, 5.74) is 2.02. The molecule has 146 valence electrons. The number of nitrogens with zero attached hydrogens (tertiary/aromatic N) is 2. The Morgan fingerprint density at radius 3 is 2.54 bits per heavy atom. The first-order valence-electron chi connectivity index (χ1n) is 9.57. The molecular formula is C22H23ClN2O3. The van der Waals surface area contributed by atoms with Crippen molar-refractivity contribution in [1.82, 2.24) is 9.80 Å². The van der Waals surface area contributed by atoms with Gasteiger partial charge < -0.3 is 14.5 Å². The van der Waals surface area contributed by atoms with Gasteiger partial charge in [0.25, 0.3) is 0 Å². The molecule has 2 aromatic carbocycles. The third-order valence-electron chi connectivity index (χ3n) is 5.42. The second kappa shape index (κ2) is 8.33. The molecule has 6 heteroatoms. The molecule has 2 aliphatic rings. The maximum absolute atomic E-state index is 12.8. The molecule has 2 aromatic rings. The van der Waals surface area contributed by atoms with E-state index in [4.69, 9.17) is 16.3 Å². The van der Waals surface area contributed by atoms with Crippen LogP contribution in [0.3, 0.4) is 0 Å². The molecule has 5 nitrogen and oxygen atoms in total. The van der Waals surface area contributed by atoms with Crippen LogP contribution in [0.5, 0.6) is 0 Å². The lowest BCUT2D eigenvalue weighted by Gasteiger charge is -2.29. The van der Waals surface area contributed by atoms with E-state index in [0.29, 0.717) is 44.1 Å². The first-order valence-corrected chi connectivity index (χ1v) is 9.95. The zero-order valence-electron chi connectivity index (χ0n) is 15.6. The van der Waals surface area contributed by atoms with E-state index in [1.54, 1.807) is 12.1 Å². The average Bonchev–Trinajstić information content (AvgIpc) is 3.07. The number of carbonyl (C=O) groups is 2. The molecule has 2 fully saturated rings. The Balaban J connectivity index is 1.47. The molecule has 2 heterocycles.